The van der Waals surface area contributed by atoms with E-state index < -0.39 is 0 Å². The SMILES string of the molecule is NC1CCC(C(=O)NCC2CCCO2)C1. The first-order valence-corrected chi connectivity index (χ1v) is 5.90. The highest BCUT2D eigenvalue weighted by molar-refractivity contribution is 5.79. The summed E-state index contributed by atoms with van der Waals surface area (Å²) in [5.74, 6) is 0.305. The second-order valence-electron chi connectivity index (χ2n) is 4.65. The summed E-state index contributed by atoms with van der Waals surface area (Å²) >= 11 is 0. The second-order valence-corrected chi connectivity index (χ2v) is 4.65. The Hall–Kier alpha value is -0.610. The Bertz CT molecular complexity index is 227. The summed E-state index contributed by atoms with van der Waals surface area (Å²) in [4.78, 5) is 11.7. The van der Waals surface area contributed by atoms with E-state index in [2.05, 4.69) is 5.32 Å². The molecular weight excluding hydrogens is 192 g/mol. The molecule has 2 rings (SSSR count). The van der Waals surface area contributed by atoms with Gasteiger partial charge in [0.2, 0.25) is 5.91 Å². The highest BCUT2D eigenvalue weighted by atomic mass is 16.5. The Kier molecular flexibility index (Phi) is 3.59. The van der Waals surface area contributed by atoms with Crippen molar-refractivity contribution >= 4 is 5.91 Å². The van der Waals surface area contributed by atoms with Crippen molar-refractivity contribution in [3.8, 4) is 0 Å². The summed E-state index contributed by atoms with van der Waals surface area (Å²) in [6.07, 6.45) is 5.21. The van der Waals surface area contributed by atoms with E-state index >= 15 is 0 Å². The smallest absolute Gasteiger partial charge is 0.223 e. The zero-order valence-electron chi connectivity index (χ0n) is 9.08. The van der Waals surface area contributed by atoms with Crippen LogP contribution in [0.4, 0.5) is 0 Å². The highest BCUT2D eigenvalue weighted by Crippen LogP contribution is 2.24. The summed E-state index contributed by atoms with van der Waals surface area (Å²) in [5, 5.41) is 2.97. The first-order chi connectivity index (χ1) is 7.25. The fraction of sp³-hybridized carbons (Fsp3) is 0.909. The molecule has 1 amide bonds. The Morgan fingerprint density at radius 1 is 1.40 bits per heavy atom. The zero-order chi connectivity index (χ0) is 10.7. The van der Waals surface area contributed by atoms with Crippen molar-refractivity contribution < 1.29 is 9.53 Å². The summed E-state index contributed by atoms with van der Waals surface area (Å²) in [6, 6.07) is 0.225. The molecule has 3 unspecified atom stereocenters. The van der Waals surface area contributed by atoms with Gasteiger partial charge in [-0.1, -0.05) is 0 Å². The summed E-state index contributed by atoms with van der Waals surface area (Å²) in [5.41, 5.74) is 5.78. The van der Waals surface area contributed by atoms with E-state index in [0.717, 1.165) is 38.7 Å². The van der Waals surface area contributed by atoms with Gasteiger partial charge in [0.25, 0.3) is 0 Å². The molecule has 0 aromatic heterocycles. The predicted octanol–water partition coefficient (Wildman–Crippen LogP) is 0.409. The van der Waals surface area contributed by atoms with E-state index in [1.54, 1.807) is 0 Å². The van der Waals surface area contributed by atoms with E-state index in [1.165, 1.54) is 0 Å². The van der Waals surface area contributed by atoms with Crippen LogP contribution in [-0.4, -0.2) is 31.2 Å². The van der Waals surface area contributed by atoms with Crippen LogP contribution in [0.25, 0.3) is 0 Å². The lowest BCUT2D eigenvalue weighted by molar-refractivity contribution is -0.125. The molecule has 3 atom stereocenters. The van der Waals surface area contributed by atoms with Gasteiger partial charge in [-0.3, -0.25) is 4.79 Å². The van der Waals surface area contributed by atoms with Crippen LogP contribution >= 0.6 is 0 Å². The van der Waals surface area contributed by atoms with E-state index in [0.29, 0.717) is 6.54 Å². The van der Waals surface area contributed by atoms with Gasteiger partial charge in [-0.25, -0.2) is 0 Å². The number of amides is 1. The summed E-state index contributed by atoms with van der Waals surface area (Å²) in [6.45, 7) is 1.51. The molecule has 15 heavy (non-hydrogen) atoms. The quantitative estimate of drug-likeness (QED) is 0.712. The Morgan fingerprint density at radius 3 is 2.87 bits per heavy atom. The molecule has 0 bridgehead atoms. The van der Waals surface area contributed by atoms with E-state index in [-0.39, 0.29) is 24.0 Å². The number of carbonyl (C=O) groups is 1. The van der Waals surface area contributed by atoms with E-state index in [1.807, 2.05) is 0 Å². The number of hydrogen-bond donors (Lipinski definition) is 2. The number of nitrogens with two attached hydrogens (primary N) is 1. The Labute approximate surface area is 90.5 Å². The van der Waals surface area contributed by atoms with Crippen LogP contribution in [0.3, 0.4) is 0 Å². The molecule has 0 spiro atoms. The lowest BCUT2D eigenvalue weighted by atomic mass is 10.1. The maximum absolute atomic E-state index is 11.7. The third-order valence-electron chi connectivity index (χ3n) is 3.37. The molecule has 86 valence electrons. The van der Waals surface area contributed by atoms with Gasteiger partial charge in [-0.05, 0) is 32.1 Å². The average molecular weight is 212 g/mol. The molecule has 1 aliphatic carbocycles. The minimum Gasteiger partial charge on any atom is -0.376 e. The number of rotatable bonds is 3. The molecule has 1 aliphatic heterocycles. The monoisotopic (exact) mass is 212 g/mol. The number of nitrogens with one attached hydrogen (secondary N) is 1. The van der Waals surface area contributed by atoms with Crippen LogP contribution in [-0.2, 0) is 9.53 Å². The van der Waals surface area contributed by atoms with Gasteiger partial charge in [0, 0.05) is 25.1 Å². The first kappa shape index (κ1) is 10.9. The largest absolute Gasteiger partial charge is 0.376 e. The van der Waals surface area contributed by atoms with Gasteiger partial charge < -0.3 is 15.8 Å². The fourth-order valence-electron chi connectivity index (χ4n) is 2.42. The lowest BCUT2D eigenvalue weighted by Crippen LogP contribution is -2.35. The van der Waals surface area contributed by atoms with Crippen LogP contribution in [0, 0.1) is 5.92 Å². The number of hydrogen-bond acceptors (Lipinski definition) is 3. The van der Waals surface area contributed by atoms with Crippen molar-refractivity contribution in [2.45, 2.75) is 44.2 Å². The molecule has 4 nitrogen and oxygen atoms in total. The molecule has 1 saturated carbocycles. The summed E-state index contributed by atoms with van der Waals surface area (Å²) in [7, 11) is 0. The van der Waals surface area contributed by atoms with Gasteiger partial charge in [0.05, 0.1) is 6.10 Å². The van der Waals surface area contributed by atoms with Crippen LogP contribution in [0.5, 0.6) is 0 Å². The van der Waals surface area contributed by atoms with Crippen LogP contribution in [0.2, 0.25) is 0 Å². The van der Waals surface area contributed by atoms with Crippen molar-refractivity contribution in [2.24, 2.45) is 11.7 Å². The van der Waals surface area contributed by atoms with E-state index in [4.69, 9.17) is 10.5 Å². The van der Waals surface area contributed by atoms with Crippen molar-refractivity contribution in [1.29, 1.82) is 0 Å². The average Bonchev–Trinajstić information content (AvgIpc) is 2.84. The third-order valence-corrected chi connectivity index (χ3v) is 3.37. The second kappa shape index (κ2) is 4.94. The normalized spacial score (nSPS) is 35.7. The highest BCUT2D eigenvalue weighted by Gasteiger charge is 2.28. The van der Waals surface area contributed by atoms with Crippen LogP contribution in [0.1, 0.15) is 32.1 Å². The van der Waals surface area contributed by atoms with Crippen molar-refractivity contribution in [3.63, 3.8) is 0 Å². The molecule has 0 radical (unpaired) electrons. The van der Waals surface area contributed by atoms with Crippen LogP contribution < -0.4 is 11.1 Å². The van der Waals surface area contributed by atoms with Crippen molar-refractivity contribution in [2.75, 3.05) is 13.2 Å². The molecule has 3 N–H and O–H groups in total. The lowest BCUT2D eigenvalue weighted by Gasteiger charge is -2.14. The van der Waals surface area contributed by atoms with Gasteiger partial charge in [-0.15, -0.1) is 0 Å². The Balaban J connectivity index is 1.67. The molecule has 1 heterocycles. The fourth-order valence-corrected chi connectivity index (χ4v) is 2.42. The molecular formula is C11H20N2O2. The third kappa shape index (κ3) is 2.92. The maximum Gasteiger partial charge on any atom is 0.223 e. The standard InChI is InChI=1S/C11H20N2O2/c12-9-4-3-8(6-9)11(14)13-7-10-2-1-5-15-10/h8-10H,1-7,12H2,(H,13,14). The van der Waals surface area contributed by atoms with Gasteiger partial charge in [-0.2, -0.15) is 0 Å². The van der Waals surface area contributed by atoms with E-state index in [9.17, 15) is 4.79 Å². The van der Waals surface area contributed by atoms with Gasteiger partial charge >= 0.3 is 0 Å². The minimum atomic E-state index is 0.140. The molecule has 2 fully saturated rings. The first-order valence-electron chi connectivity index (χ1n) is 5.90. The zero-order valence-corrected chi connectivity index (χ0v) is 9.08. The molecule has 1 saturated heterocycles. The van der Waals surface area contributed by atoms with Crippen LogP contribution in [0.15, 0.2) is 0 Å². The summed E-state index contributed by atoms with van der Waals surface area (Å²) < 4.78 is 5.45. The predicted molar refractivity (Wildman–Crippen MR) is 57.3 cm³/mol. The molecule has 0 aromatic rings. The molecule has 0 aromatic carbocycles. The van der Waals surface area contributed by atoms with Gasteiger partial charge in [0.15, 0.2) is 0 Å². The minimum absolute atomic E-state index is 0.140. The number of ether oxygens (including phenoxy) is 1. The topological polar surface area (TPSA) is 64.4 Å². The molecule has 2 aliphatic rings. The Morgan fingerprint density at radius 2 is 2.27 bits per heavy atom. The van der Waals surface area contributed by atoms with Crippen molar-refractivity contribution in [3.05, 3.63) is 0 Å². The van der Waals surface area contributed by atoms with Gasteiger partial charge in [0.1, 0.15) is 0 Å². The number of carbonyl (C=O) groups excluding carboxylic acids is 1. The molecule has 4 heteroatoms. The maximum atomic E-state index is 11.7. The van der Waals surface area contributed by atoms with Crippen molar-refractivity contribution in [1.82, 2.24) is 5.32 Å².